The van der Waals surface area contributed by atoms with Crippen LogP contribution in [0.4, 0.5) is 5.69 Å². The molecule has 0 aliphatic carbocycles. The van der Waals surface area contributed by atoms with E-state index in [1.54, 1.807) is 24.0 Å². The highest BCUT2D eigenvalue weighted by Crippen LogP contribution is 2.33. The van der Waals surface area contributed by atoms with E-state index in [9.17, 15) is 14.4 Å². The van der Waals surface area contributed by atoms with E-state index in [1.807, 2.05) is 30.9 Å². The molecule has 1 fully saturated rings. The Labute approximate surface area is 159 Å². The summed E-state index contributed by atoms with van der Waals surface area (Å²) in [7, 11) is 0. The van der Waals surface area contributed by atoms with Crippen LogP contribution in [0.15, 0.2) is 24.3 Å². The normalized spacial score (nSPS) is 19.8. The lowest BCUT2D eigenvalue weighted by Gasteiger charge is -2.37. The number of amides is 3. The minimum Gasteiger partial charge on any atom is -0.479 e. The molecule has 1 saturated heterocycles. The highest BCUT2D eigenvalue weighted by atomic mass is 16.5. The lowest BCUT2D eigenvalue weighted by molar-refractivity contribution is -0.139. The van der Waals surface area contributed by atoms with Gasteiger partial charge in [0.2, 0.25) is 11.8 Å². The number of para-hydroxylation sites is 2. The summed E-state index contributed by atoms with van der Waals surface area (Å²) in [6.45, 7) is 7.81. The first-order valence-corrected chi connectivity index (χ1v) is 9.49. The summed E-state index contributed by atoms with van der Waals surface area (Å²) >= 11 is 0. The van der Waals surface area contributed by atoms with Crippen LogP contribution in [0.25, 0.3) is 0 Å². The molecule has 7 nitrogen and oxygen atoms in total. The fraction of sp³-hybridized carbons (Fsp3) is 0.550. The molecule has 0 bridgehead atoms. The van der Waals surface area contributed by atoms with Crippen LogP contribution >= 0.6 is 0 Å². The molecule has 2 aliphatic heterocycles. The van der Waals surface area contributed by atoms with Gasteiger partial charge in [0.25, 0.3) is 5.91 Å². The van der Waals surface area contributed by atoms with Gasteiger partial charge in [0, 0.05) is 32.6 Å². The van der Waals surface area contributed by atoms with E-state index in [1.165, 1.54) is 4.90 Å². The highest BCUT2D eigenvalue weighted by molar-refractivity contribution is 6.03. The zero-order chi connectivity index (χ0) is 19.6. The zero-order valence-corrected chi connectivity index (χ0v) is 16.2. The first kappa shape index (κ1) is 19.2. The third kappa shape index (κ3) is 4.23. The standard InChI is InChI=1S/C20H27N3O4/c1-14(2)12-18(24)21-8-10-22(11-9-21)19(25)13-23-16-6-4-5-7-17(16)27-15(3)20(23)26/h4-7,14-15H,8-13H2,1-3H3. The third-order valence-corrected chi connectivity index (χ3v) is 4.93. The summed E-state index contributed by atoms with van der Waals surface area (Å²) in [6, 6.07) is 7.25. The molecule has 0 saturated carbocycles. The van der Waals surface area contributed by atoms with Gasteiger partial charge in [-0.2, -0.15) is 0 Å². The number of nitrogens with zero attached hydrogens (tertiary/aromatic N) is 3. The van der Waals surface area contributed by atoms with Crippen LogP contribution in [-0.2, 0) is 14.4 Å². The number of hydrogen-bond acceptors (Lipinski definition) is 4. The number of carbonyl (C=O) groups is 3. The van der Waals surface area contributed by atoms with Crippen molar-refractivity contribution in [2.75, 3.05) is 37.6 Å². The molecular weight excluding hydrogens is 346 g/mol. The number of anilines is 1. The quantitative estimate of drug-likeness (QED) is 0.802. The lowest BCUT2D eigenvalue weighted by atomic mass is 10.1. The van der Waals surface area contributed by atoms with Crippen molar-refractivity contribution in [3.05, 3.63) is 24.3 Å². The summed E-state index contributed by atoms with van der Waals surface area (Å²) in [5.74, 6) is 0.757. The number of benzene rings is 1. The average molecular weight is 373 g/mol. The van der Waals surface area contributed by atoms with Crippen molar-refractivity contribution in [2.45, 2.75) is 33.3 Å². The van der Waals surface area contributed by atoms with E-state index < -0.39 is 6.10 Å². The minimum absolute atomic E-state index is 0.0104. The Morgan fingerprint density at radius 2 is 1.67 bits per heavy atom. The van der Waals surface area contributed by atoms with Crippen molar-refractivity contribution in [1.82, 2.24) is 9.80 Å². The number of rotatable bonds is 4. The molecule has 1 aromatic rings. The molecule has 2 aliphatic rings. The Hall–Kier alpha value is -2.57. The molecule has 27 heavy (non-hydrogen) atoms. The maximum absolute atomic E-state index is 12.8. The van der Waals surface area contributed by atoms with E-state index >= 15 is 0 Å². The van der Waals surface area contributed by atoms with Crippen molar-refractivity contribution in [1.29, 1.82) is 0 Å². The number of hydrogen-bond donors (Lipinski definition) is 0. The summed E-state index contributed by atoms with van der Waals surface area (Å²) in [5.41, 5.74) is 0.625. The largest absolute Gasteiger partial charge is 0.479 e. The van der Waals surface area contributed by atoms with Crippen LogP contribution in [0, 0.1) is 5.92 Å². The molecule has 7 heteroatoms. The maximum atomic E-state index is 12.8. The fourth-order valence-corrected chi connectivity index (χ4v) is 3.44. The Bertz CT molecular complexity index is 726. The van der Waals surface area contributed by atoms with Gasteiger partial charge >= 0.3 is 0 Å². The van der Waals surface area contributed by atoms with Gasteiger partial charge in [-0.3, -0.25) is 19.3 Å². The number of piperazine rings is 1. The van der Waals surface area contributed by atoms with Gasteiger partial charge < -0.3 is 14.5 Å². The molecule has 0 radical (unpaired) electrons. The maximum Gasteiger partial charge on any atom is 0.268 e. The van der Waals surface area contributed by atoms with Gasteiger partial charge in [-0.25, -0.2) is 0 Å². The molecule has 0 N–H and O–H groups in total. The van der Waals surface area contributed by atoms with Gasteiger partial charge in [-0.1, -0.05) is 26.0 Å². The number of ether oxygens (including phenoxy) is 1. The molecule has 1 aromatic carbocycles. The van der Waals surface area contributed by atoms with Crippen LogP contribution < -0.4 is 9.64 Å². The average Bonchev–Trinajstić information content (AvgIpc) is 2.65. The van der Waals surface area contributed by atoms with Crippen LogP contribution in [-0.4, -0.2) is 66.3 Å². The predicted octanol–water partition coefficient (Wildman–Crippen LogP) is 1.52. The smallest absolute Gasteiger partial charge is 0.268 e. The van der Waals surface area contributed by atoms with E-state index in [0.29, 0.717) is 50.0 Å². The van der Waals surface area contributed by atoms with Crippen LogP contribution in [0.5, 0.6) is 5.75 Å². The van der Waals surface area contributed by atoms with Crippen LogP contribution in [0.2, 0.25) is 0 Å². The molecule has 3 amide bonds. The molecule has 1 atom stereocenters. The summed E-state index contributed by atoms with van der Waals surface area (Å²) in [4.78, 5) is 42.5. The number of carbonyl (C=O) groups excluding carboxylic acids is 3. The fourth-order valence-electron chi connectivity index (χ4n) is 3.44. The Kier molecular flexibility index (Phi) is 5.68. The number of fused-ring (bicyclic) bond motifs is 1. The van der Waals surface area contributed by atoms with Gasteiger partial charge in [0.15, 0.2) is 6.10 Å². The van der Waals surface area contributed by atoms with Crippen molar-refractivity contribution in [3.63, 3.8) is 0 Å². The summed E-state index contributed by atoms with van der Waals surface area (Å²) in [5, 5.41) is 0. The summed E-state index contributed by atoms with van der Waals surface area (Å²) in [6.07, 6.45) is -0.0801. The second-order valence-electron chi connectivity index (χ2n) is 7.51. The van der Waals surface area contributed by atoms with Crippen molar-refractivity contribution >= 4 is 23.4 Å². The van der Waals surface area contributed by atoms with Gasteiger partial charge in [0.05, 0.1) is 5.69 Å². The van der Waals surface area contributed by atoms with Crippen LogP contribution in [0.1, 0.15) is 27.2 Å². The second kappa shape index (κ2) is 7.98. The minimum atomic E-state index is -0.613. The monoisotopic (exact) mass is 373 g/mol. The Morgan fingerprint density at radius 3 is 2.30 bits per heavy atom. The lowest BCUT2D eigenvalue weighted by Crippen LogP contribution is -2.54. The van der Waals surface area contributed by atoms with Gasteiger partial charge in [0.1, 0.15) is 12.3 Å². The molecule has 146 valence electrons. The van der Waals surface area contributed by atoms with Gasteiger partial charge in [-0.15, -0.1) is 0 Å². The molecule has 0 spiro atoms. The first-order chi connectivity index (χ1) is 12.9. The van der Waals surface area contributed by atoms with Crippen molar-refractivity contribution in [2.24, 2.45) is 5.92 Å². The summed E-state index contributed by atoms with van der Waals surface area (Å²) < 4.78 is 5.61. The highest BCUT2D eigenvalue weighted by Gasteiger charge is 2.34. The zero-order valence-electron chi connectivity index (χ0n) is 16.2. The predicted molar refractivity (Wildman–Crippen MR) is 102 cm³/mol. The van der Waals surface area contributed by atoms with E-state index in [-0.39, 0.29) is 24.3 Å². The second-order valence-corrected chi connectivity index (χ2v) is 7.51. The van der Waals surface area contributed by atoms with Crippen molar-refractivity contribution in [3.8, 4) is 5.75 Å². The van der Waals surface area contributed by atoms with Crippen molar-refractivity contribution < 1.29 is 19.1 Å². The molecular formula is C20H27N3O4. The van der Waals surface area contributed by atoms with E-state index in [4.69, 9.17) is 4.74 Å². The Morgan fingerprint density at radius 1 is 1.07 bits per heavy atom. The SMILES string of the molecule is CC(C)CC(=O)N1CCN(C(=O)CN2C(=O)C(C)Oc3ccccc32)CC1. The van der Waals surface area contributed by atoms with Crippen LogP contribution in [0.3, 0.4) is 0 Å². The Balaban J connectivity index is 1.61. The molecule has 2 heterocycles. The third-order valence-electron chi connectivity index (χ3n) is 4.93. The molecule has 3 rings (SSSR count). The topological polar surface area (TPSA) is 70.2 Å². The van der Waals surface area contributed by atoms with E-state index in [0.717, 1.165) is 0 Å². The first-order valence-electron chi connectivity index (χ1n) is 9.49. The molecule has 0 aromatic heterocycles. The van der Waals surface area contributed by atoms with Gasteiger partial charge in [-0.05, 0) is 25.0 Å². The molecule has 1 unspecified atom stereocenters. The van der Waals surface area contributed by atoms with E-state index in [2.05, 4.69) is 0 Å².